The Morgan fingerprint density at radius 3 is 2.80 bits per heavy atom. The van der Waals surface area contributed by atoms with Gasteiger partial charge in [-0.1, -0.05) is 35.9 Å². The van der Waals surface area contributed by atoms with Crippen molar-refractivity contribution in [2.45, 2.75) is 6.61 Å². The maximum Gasteiger partial charge on any atom is 0.129 e. The summed E-state index contributed by atoms with van der Waals surface area (Å²) in [6.45, 7) is 0.478. The van der Waals surface area contributed by atoms with Crippen LogP contribution in [0.5, 0.6) is 5.75 Å². The summed E-state index contributed by atoms with van der Waals surface area (Å²) < 4.78 is 5.90. The van der Waals surface area contributed by atoms with Crippen LogP contribution in [0, 0.1) is 0 Å². The van der Waals surface area contributed by atoms with Gasteiger partial charge < -0.3 is 9.72 Å². The van der Waals surface area contributed by atoms with Gasteiger partial charge in [-0.15, -0.1) is 0 Å². The average Bonchev–Trinajstić information content (AvgIpc) is 3.00. The van der Waals surface area contributed by atoms with E-state index in [4.69, 9.17) is 16.3 Å². The molecular formula is C16H13ClN2O. The Bertz CT molecular complexity index is 695. The van der Waals surface area contributed by atoms with Crippen molar-refractivity contribution in [3.63, 3.8) is 0 Å². The molecule has 1 aromatic heterocycles. The quantitative estimate of drug-likeness (QED) is 0.775. The Morgan fingerprint density at radius 1 is 1.10 bits per heavy atom. The van der Waals surface area contributed by atoms with Gasteiger partial charge in [-0.2, -0.15) is 0 Å². The number of hydrogen-bond acceptors (Lipinski definition) is 2. The van der Waals surface area contributed by atoms with E-state index in [1.165, 1.54) is 0 Å². The van der Waals surface area contributed by atoms with Gasteiger partial charge >= 0.3 is 0 Å². The summed E-state index contributed by atoms with van der Waals surface area (Å²) in [6, 6.07) is 15.5. The molecule has 1 N–H and O–H groups in total. The second kappa shape index (κ2) is 5.80. The predicted octanol–water partition coefficient (Wildman–Crippen LogP) is 4.31. The van der Waals surface area contributed by atoms with E-state index in [0.29, 0.717) is 11.6 Å². The number of imidazole rings is 1. The molecule has 0 atom stereocenters. The lowest BCUT2D eigenvalue weighted by Gasteiger charge is -2.10. The highest BCUT2D eigenvalue weighted by Gasteiger charge is 2.07. The number of halogens is 1. The van der Waals surface area contributed by atoms with Gasteiger partial charge in [0.2, 0.25) is 0 Å². The Morgan fingerprint density at radius 2 is 2.00 bits per heavy atom. The van der Waals surface area contributed by atoms with E-state index in [1.807, 2.05) is 48.5 Å². The molecule has 3 nitrogen and oxygen atoms in total. The van der Waals surface area contributed by atoms with Crippen LogP contribution in [0.15, 0.2) is 61.1 Å². The smallest absolute Gasteiger partial charge is 0.129 e. The molecule has 3 rings (SSSR count). The van der Waals surface area contributed by atoms with Gasteiger partial charge in [-0.25, -0.2) is 4.98 Å². The fraction of sp³-hybridized carbons (Fsp3) is 0.0625. The summed E-state index contributed by atoms with van der Waals surface area (Å²) in [5.41, 5.74) is 2.97. The van der Waals surface area contributed by atoms with E-state index in [-0.39, 0.29) is 0 Å². The maximum atomic E-state index is 5.97. The molecule has 0 saturated heterocycles. The van der Waals surface area contributed by atoms with Crippen molar-refractivity contribution in [3.05, 3.63) is 71.6 Å². The third kappa shape index (κ3) is 2.83. The van der Waals surface area contributed by atoms with Crippen molar-refractivity contribution in [3.8, 4) is 17.0 Å². The maximum absolute atomic E-state index is 5.97. The second-order valence-corrected chi connectivity index (χ2v) is 4.82. The molecule has 4 heteroatoms. The highest BCUT2D eigenvalue weighted by molar-refractivity contribution is 6.30. The number of nitrogens with one attached hydrogen (secondary N) is 1. The molecule has 0 saturated carbocycles. The molecule has 0 fully saturated rings. The van der Waals surface area contributed by atoms with Gasteiger partial charge in [-0.05, 0) is 29.8 Å². The number of aromatic amines is 1. The first-order valence-corrected chi connectivity index (χ1v) is 6.66. The molecule has 20 heavy (non-hydrogen) atoms. The number of para-hydroxylation sites is 1. The molecule has 0 aliphatic carbocycles. The minimum absolute atomic E-state index is 0.478. The van der Waals surface area contributed by atoms with Gasteiger partial charge in [0.25, 0.3) is 0 Å². The van der Waals surface area contributed by atoms with Crippen molar-refractivity contribution in [2.75, 3.05) is 0 Å². The highest BCUT2D eigenvalue weighted by atomic mass is 35.5. The van der Waals surface area contributed by atoms with Crippen LogP contribution in [0.25, 0.3) is 11.3 Å². The number of ether oxygens (including phenoxy) is 1. The number of rotatable bonds is 4. The van der Waals surface area contributed by atoms with Gasteiger partial charge in [-0.3, -0.25) is 0 Å². The topological polar surface area (TPSA) is 37.9 Å². The Labute approximate surface area is 122 Å². The van der Waals surface area contributed by atoms with Crippen LogP contribution in [0.2, 0.25) is 5.02 Å². The van der Waals surface area contributed by atoms with Gasteiger partial charge in [0.1, 0.15) is 12.4 Å². The molecular weight excluding hydrogens is 272 g/mol. The van der Waals surface area contributed by atoms with E-state index in [9.17, 15) is 0 Å². The Kier molecular flexibility index (Phi) is 3.70. The number of nitrogens with zero attached hydrogens (tertiary/aromatic N) is 1. The third-order valence-corrected chi connectivity index (χ3v) is 3.19. The Balaban J connectivity index is 1.81. The molecule has 0 radical (unpaired) electrons. The summed E-state index contributed by atoms with van der Waals surface area (Å²) in [4.78, 5) is 7.13. The summed E-state index contributed by atoms with van der Waals surface area (Å²) in [5.74, 6) is 0.816. The largest absolute Gasteiger partial charge is 0.488 e. The molecule has 2 aromatic carbocycles. The molecule has 100 valence electrons. The predicted molar refractivity (Wildman–Crippen MR) is 79.8 cm³/mol. The minimum atomic E-state index is 0.478. The van der Waals surface area contributed by atoms with Crippen LogP contribution < -0.4 is 4.74 Å². The van der Waals surface area contributed by atoms with Crippen molar-refractivity contribution in [1.82, 2.24) is 9.97 Å². The zero-order valence-electron chi connectivity index (χ0n) is 10.7. The number of hydrogen-bond donors (Lipinski definition) is 1. The number of aromatic nitrogens is 2. The molecule has 0 unspecified atom stereocenters. The van der Waals surface area contributed by atoms with Gasteiger partial charge in [0.05, 0.1) is 18.2 Å². The van der Waals surface area contributed by atoms with Crippen LogP contribution >= 0.6 is 11.6 Å². The number of benzene rings is 2. The molecule has 0 aliphatic rings. The summed E-state index contributed by atoms with van der Waals surface area (Å²) in [5, 5.41) is 0.716. The fourth-order valence-electron chi connectivity index (χ4n) is 2.01. The summed E-state index contributed by atoms with van der Waals surface area (Å²) in [7, 11) is 0. The van der Waals surface area contributed by atoms with Crippen molar-refractivity contribution in [2.24, 2.45) is 0 Å². The van der Waals surface area contributed by atoms with E-state index < -0.39 is 0 Å². The van der Waals surface area contributed by atoms with Crippen molar-refractivity contribution < 1.29 is 4.74 Å². The SMILES string of the molecule is Clc1cccc(COc2ccccc2-c2cnc[nH]2)c1. The Hall–Kier alpha value is -2.26. The highest BCUT2D eigenvalue weighted by Crippen LogP contribution is 2.28. The van der Waals surface area contributed by atoms with Gasteiger partial charge in [0.15, 0.2) is 0 Å². The molecule has 0 amide bonds. The molecule has 3 aromatic rings. The van der Waals surface area contributed by atoms with E-state index in [0.717, 1.165) is 22.6 Å². The number of H-pyrrole nitrogens is 1. The first-order chi connectivity index (χ1) is 9.83. The van der Waals surface area contributed by atoms with Crippen LogP contribution in [0.1, 0.15) is 5.56 Å². The molecule has 1 heterocycles. The zero-order valence-corrected chi connectivity index (χ0v) is 11.5. The lowest BCUT2D eigenvalue weighted by molar-refractivity contribution is 0.307. The van der Waals surface area contributed by atoms with E-state index >= 15 is 0 Å². The zero-order chi connectivity index (χ0) is 13.8. The average molecular weight is 285 g/mol. The normalized spacial score (nSPS) is 10.4. The van der Waals surface area contributed by atoms with Crippen LogP contribution in [0.3, 0.4) is 0 Å². The van der Waals surface area contributed by atoms with Crippen molar-refractivity contribution in [1.29, 1.82) is 0 Å². The molecule has 0 aliphatic heterocycles. The standard InChI is InChI=1S/C16H13ClN2O/c17-13-5-3-4-12(8-13)10-20-16-7-2-1-6-14(16)15-9-18-11-19-15/h1-9,11H,10H2,(H,18,19). The van der Waals surface area contributed by atoms with Crippen LogP contribution in [-0.4, -0.2) is 9.97 Å². The first-order valence-electron chi connectivity index (χ1n) is 6.28. The van der Waals surface area contributed by atoms with E-state index in [2.05, 4.69) is 9.97 Å². The molecule has 0 bridgehead atoms. The van der Waals surface area contributed by atoms with Crippen LogP contribution in [0.4, 0.5) is 0 Å². The lowest BCUT2D eigenvalue weighted by atomic mass is 10.1. The first kappa shape index (κ1) is 12.8. The second-order valence-electron chi connectivity index (χ2n) is 4.38. The van der Waals surface area contributed by atoms with Gasteiger partial charge in [0, 0.05) is 10.6 Å². The van der Waals surface area contributed by atoms with E-state index in [1.54, 1.807) is 12.5 Å². The summed E-state index contributed by atoms with van der Waals surface area (Å²) in [6.07, 6.45) is 3.44. The lowest BCUT2D eigenvalue weighted by Crippen LogP contribution is -1.97. The fourth-order valence-corrected chi connectivity index (χ4v) is 2.22. The van der Waals surface area contributed by atoms with Crippen molar-refractivity contribution >= 4 is 11.6 Å². The minimum Gasteiger partial charge on any atom is -0.488 e. The third-order valence-electron chi connectivity index (χ3n) is 2.96. The molecule has 0 spiro atoms. The van der Waals surface area contributed by atoms with Crippen LogP contribution in [-0.2, 0) is 6.61 Å². The summed E-state index contributed by atoms with van der Waals surface area (Å²) >= 11 is 5.97. The monoisotopic (exact) mass is 284 g/mol.